The largest absolute Gasteiger partial charge is 0.480 e. The Kier molecular flexibility index (Phi) is 5.55. The van der Waals surface area contributed by atoms with Gasteiger partial charge in [-0.25, -0.2) is 4.79 Å². The summed E-state index contributed by atoms with van der Waals surface area (Å²) in [4.78, 5) is 25.0. The molecule has 1 saturated heterocycles. The second-order valence-electron chi connectivity index (χ2n) is 5.76. The highest BCUT2D eigenvalue weighted by molar-refractivity contribution is 7.80. The molecule has 2 heterocycles. The van der Waals surface area contributed by atoms with Crippen LogP contribution in [0.3, 0.4) is 0 Å². The smallest absolute Gasteiger partial charge is 0.326 e. The molecule has 2 aromatic rings. The van der Waals surface area contributed by atoms with Crippen LogP contribution in [0, 0.1) is 0 Å². The van der Waals surface area contributed by atoms with E-state index in [2.05, 4.69) is 5.32 Å². The molecule has 1 aromatic carbocycles. The first kappa shape index (κ1) is 19.4. The molecular weight excluding hydrogens is 411 g/mol. The summed E-state index contributed by atoms with van der Waals surface area (Å²) >= 11 is 17.0. The van der Waals surface area contributed by atoms with Crippen LogP contribution in [0.1, 0.15) is 19.1 Å². The number of hydrogen-bond donors (Lipinski definition) is 2. The van der Waals surface area contributed by atoms with Crippen LogP contribution >= 0.6 is 35.4 Å². The summed E-state index contributed by atoms with van der Waals surface area (Å²) in [5.41, 5.74) is 0.878. The zero-order valence-corrected chi connectivity index (χ0v) is 16.4. The second-order valence-corrected chi connectivity index (χ2v) is 6.96. The maximum Gasteiger partial charge on any atom is 0.326 e. The molecule has 140 valence electrons. The minimum Gasteiger partial charge on any atom is -0.480 e. The molecule has 3 rings (SSSR count). The zero-order valence-electron chi connectivity index (χ0n) is 14.0. The molecule has 1 aliphatic rings. The van der Waals surface area contributed by atoms with Crippen molar-refractivity contribution in [3.05, 3.63) is 51.8 Å². The number of carbonyl (C=O) groups is 2. The van der Waals surface area contributed by atoms with Crippen molar-refractivity contribution in [2.75, 3.05) is 0 Å². The Hall–Kier alpha value is -2.35. The van der Waals surface area contributed by atoms with E-state index in [4.69, 9.17) is 39.8 Å². The number of nitrogens with zero attached hydrogens (tertiary/aromatic N) is 1. The lowest BCUT2D eigenvalue weighted by Crippen LogP contribution is -2.44. The molecule has 0 bridgehead atoms. The van der Waals surface area contributed by atoms with Gasteiger partial charge < -0.3 is 14.8 Å². The van der Waals surface area contributed by atoms with Gasteiger partial charge in [0.1, 0.15) is 23.3 Å². The van der Waals surface area contributed by atoms with Gasteiger partial charge >= 0.3 is 5.97 Å². The molecular formula is C18H14Cl2N2O4S. The lowest BCUT2D eigenvalue weighted by molar-refractivity contribution is -0.145. The van der Waals surface area contributed by atoms with E-state index in [9.17, 15) is 14.7 Å². The van der Waals surface area contributed by atoms with Gasteiger partial charge in [0, 0.05) is 11.6 Å². The van der Waals surface area contributed by atoms with Gasteiger partial charge in [0.05, 0.1) is 10.0 Å². The third-order valence-electron chi connectivity index (χ3n) is 4.01. The number of thiocarbonyl (C=S) groups is 1. The number of hydrogen-bond acceptors (Lipinski definition) is 4. The minimum atomic E-state index is -1.11. The number of nitrogens with one attached hydrogen (secondary N) is 1. The van der Waals surface area contributed by atoms with E-state index in [0.717, 1.165) is 10.5 Å². The van der Waals surface area contributed by atoms with Gasteiger partial charge in [0.15, 0.2) is 5.11 Å². The van der Waals surface area contributed by atoms with Crippen molar-refractivity contribution in [3.8, 4) is 11.3 Å². The van der Waals surface area contributed by atoms with Gasteiger partial charge in [-0.2, -0.15) is 0 Å². The fraction of sp³-hybridized carbons (Fsp3) is 0.167. The summed E-state index contributed by atoms with van der Waals surface area (Å²) < 4.78 is 5.73. The SMILES string of the molecule is CCC(C(=O)O)N1C(=O)/C(=C/c2ccc(-c3ccc(Cl)c(Cl)c3)o2)NC1=S. The quantitative estimate of drug-likeness (QED) is 0.553. The van der Waals surface area contributed by atoms with E-state index in [-0.39, 0.29) is 17.2 Å². The lowest BCUT2D eigenvalue weighted by Gasteiger charge is -2.20. The average molecular weight is 425 g/mol. The third kappa shape index (κ3) is 3.85. The fourth-order valence-corrected chi connectivity index (χ4v) is 3.29. The molecule has 2 N–H and O–H groups in total. The molecule has 1 aliphatic heterocycles. The standard InChI is InChI=1S/C18H14Cl2N2O4S/c1-2-14(17(24)25)22-16(23)13(21-18(22)27)8-10-4-6-15(26-10)9-3-5-11(19)12(20)7-9/h3-8,14H,2H2,1H3,(H,21,27)(H,24,25)/b13-8-. The van der Waals surface area contributed by atoms with Crippen LogP contribution in [0.25, 0.3) is 17.4 Å². The summed E-state index contributed by atoms with van der Waals surface area (Å²) in [7, 11) is 0. The Labute approximate surface area is 170 Å². The van der Waals surface area contributed by atoms with Crippen LogP contribution < -0.4 is 5.32 Å². The molecule has 0 spiro atoms. The number of amides is 1. The lowest BCUT2D eigenvalue weighted by atomic mass is 10.2. The third-order valence-corrected chi connectivity index (χ3v) is 5.05. The molecule has 1 fully saturated rings. The Bertz CT molecular complexity index is 970. The first-order valence-electron chi connectivity index (χ1n) is 7.96. The highest BCUT2D eigenvalue weighted by Crippen LogP contribution is 2.30. The Morgan fingerprint density at radius 2 is 2.07 bits per heavy atom. The summed E-state index contributed by atoms with van der Waals surface area (Å²) in [6.45, 7) is 1.67. The molecule has 27 heavy (non-hydrogen) atoms. The van der Waals surface area contributed by atoms with E-state index >= 15 is 0 Å². The second kappa shape index (κ2) is 7.72. The summed E-state index contributed by atoms with van der Waals surface area (Å²) in [5, 5.41) is 12.9. The summed E-state index contributed by atoms with van der Waals surface area (Å²) in [6.07, 6.45) is 1.71. The van der Waals surface area contributed by atoms with Gasteiger partial charge in [0.25, 0.3) is 5.91 Å². The average Bonchev–Trinajstić information content (AvgIpc) is 3.18. The maximum atomic E-state index is 12.6. The number of benzene rings is 1. The van der Waals surface area contributed by atoms with E-state index in [0.29, 0.717) is 21.6 Å². The summed E-state index contributed by atoms with van der Waals surface area (Å²) in [5.74, 6) is -0.680. The molecule has 6 nitrogen and oxygen atoms in total. The Morgan fingerprint density at radius 1 is 1.33 bits per heavy atom. The van der Waals surface area contributed by atoms with E-state index < -0.39 is 17.9 Å². The van der Waals surface area contributed by atoms with Crippen molar-refractivity contribution in [1.82, 2.24) is 10.2 Å². The topological polar surface area (TPSA) is 82.8 Å². The van der Waals surface area contributed by atoms with Crippen molar-refractivity contribution in [3.63, 3.8) is 0 Å². The Morgan fingerprint density at radius 3 is 2.70 bits per heavy atom. The van der Waals surface area contributed by atoms with Crippen molar-refractivity contribution in [2.45, 2.75) is 19.4 Å². The van der Waals surface area contributed by atoms with Crippen LogP contribution in [0.4, 0.5) is 0 Å². The number of furan rings is 1. The van der Waals surface area contributed by atoms with E-state index in [1.807, 2.05) is 0 Å². The molecule has 0 saturated carbocycles. The fourth-order valence-electron chi connectivity index (χ4n) is 2.68. The van der Waals surface area contributed by atoms with Crippen LogP contribution in [0.5, 0.6) is 0 Å². The normalized spacial score (nSPS) is 16.7. The van der Waals surface area contributed by atoms with Gasteiger partial charge in [-0.1, -0.05) is 30.1 Å². The molecule has 0 radical (unpaired) electrons. The van der Waals surface area contributed by atoms with Crippen molar-refractivity contribution in [1.29, 1.82) is 0 Å². The van der Waals surface area contributed by atoms with Crippen LogP contribution in [-0.4, -0.2) is 33.0 Å². The molecule has 9 heteroatoms. The van der Waals surface area contributed by atoms with Crippen LogP contribution in [-0.2, 0) is 9.59 Å². The molecule has 1 amide bonds. The monoisotopic (exact) mass is 424 g/mol. The van der Waals surface area contributed by atoms with Crippen LogP contribution in [0.2, 0.25) is 10.0 Å². The number of halogens is 2. The molecule has 1 unspecified atom stereocenters. The molecule has 0 aliphatic carbocycles. The first-order chi connectivity index (χ1) is 12.8. The van der Waals surface area contributed by atoms with E-state index in [1.165, 1.54) is 6.08 Å². The number of aliphatic carboxylic acids is 1. The maximum absolute atomic E-state index is 12.6. The molecule has 1 aromatic heterocycles. The first-order valence-corrected chi connectivity index (χ1v) is 9.12. The zero-order chi connectivity index (χ0) is 19.7. The van der Waals surface area contributed by atoms with E-state index in [1.54, 1.807) is 37.3 Å². The minimum absolute atomic E-state index is 0.0526. The highest BCUT2D eigenvalue weighted by atomic mass is 35.5. The van der Waals surface area contributed by atoms with Crippen LogP contribution in [0.15, 0.2) is 40.4 Å². The predicted molar refractivity (Wildman–Crippen MR) is 106 cm³/mol. The van der Waals surface area contributed by atoms with Gasteiger partial charge in [0.2, 0.25) is 0 Å². The van der Waals surface area contributed by atoms with Crippen molar-refractivity contribution >= 4 is 58.5 Å². The molecule has 1 atom stereocenters. The number of carboxylic acids is 1. The Balaban J connectivity index is 1.86. The van der Waals surface area contributed by atoms with Gasteiger partial charge in [-0.15, -0.1) is 0 Å². The number of carboxylic acid groups (broad SMARTS) is 1. The van der Waals surface area contributed by atoms with Gasteiger partial charge in [-0.05, 0) is 49.0 Å². The van der Waals surface area contributed by atoms with Crippen molar-refractivity contribution < 1.29 is 19.1 Å². The summed E-state index contributed by atoms with van der Waals surface area (Å²) in [6, 6.07) is 7.49. The number of carbonyl (C=O) groups excluding carboxylic acids is 1. The van der Waals surface area contributed by atoms with Crippen molar-refractivity contribution in [2.24, 2.45) is 0 Å². The van der Waals surface area contributed by atoms with Gasteiger partial charge in [-0.3, -0.25) is 9.69 Å². The number of rotatable bonds is 5. The predicted octanol–water partition coefficient (Wildman–Crippen LogP) is 4.17. The highest BCUT2D eigenvalue weighted by Gasteiger charge is 2.38.